The van der Waals surface area contributed by atoms with Gasteiger partial charge in [0.05, 0.1) is 0 Å². The SMILES string of the molecule is c1ccc(C23CC(c4cccnc4)(C2)C3)cc1. The Labute approximate surface area is 102 Å². The lowest BCUT2D eigenvalue weighted by atomic mass is 9.32. The largest absolute Gasteiger partial charge is 0.264 e. The van der Waals surface area contributed by atoms with Crippen molar-refractivity contribution in [2.75, 3.05) is 0 Å². The number of nitrogens with zero attached hydrogens (tertiary/aromatic N) is 1. The molecule has 1 aromatic heterocycles. The molecule has 84 valence electrons. The Morgan fingerprint density at radius 2 is 1.41 bits per heavy atom. The maximum atomic E-state index is 4.25. The van der Waals surface area contributed by atoms with Crippen LogP contribution in [-0.4, -0.2) is 4.98 Å². The lowest BCUT2D eigenvalue weighted by Gasteiger charge is -2.71. The molecule has 17 heavy (non-hydrogen) atoms. The minimum absolute atomic E-state index is 0.462. The number of benzene rings is 1. The molecule has 0 N–H and O–H groups in total. The third-order valence-electron chi connectivity index (χ3n) is 4.69. The molecule has 1 aromatic carbocycles. The van der Waals surface area contributed by atoms with Gasteiger partial charge in [0.1, 0.15) is 0 Å². The Hall–Kier alpha value is -1.63. The van der Waals surface area contributed by atoms with E-state index < -0.39 is 0 Å². The Morgan fingerprint density at radius 1 is 0.765 bits per heavy atom. The first-order chi connectivity index (χ1) is 8.33. The highest BCUT2D eigenvalue weighted by molar-refractivity contribution is 5.47. The van der Waals surface area contributed by atoms with Crippen LogP contribution < -0.4 is 0 Å². The molecule has 1 heterocycles. The fourth-order valence-electron chi connectivity index (χ4n) is 3.87. The smallest absolute Gasteiger partial charge is 0.0305 e. The standard InChI is InChI=1S/C16H15N/c1-2-5-13(6-3-1)15-10-16(11-15,12-15)14-7-4-8-17-9-14/h1-9H,10-12H2. The maximum absolute atomic E-state index is 4.25. The third-order valence-corrected chi connectivity index (χ3v) is 4.69. The van der Waals surface area contributed by atoms with Gasteiger partial charge in [0.2, 0.25) is 0 Å². The summed E-state index contributed by atoms with van der Waals surface area (Å²) in [6.45, 7) is 0. The highest BCUT2D eigenvalue weighted by atomic mass is 14.7. The number of aromatic nitrogens is 1. The molecule has 0 spiro atoms. The van der Waals surface area contributed by atoms with Crippen LogP contribution in [0.3, 0.4) is 0 Å². The van der Waals surface area contributed by atoms with Crippen LogP contribution in [0.4, 0.5) is 0 Å². The van der Waals surface area contributed by atoms with Gasteiger partial charge >= 0.3 is 0 Å². The summed E-state index contributed by atoms with van der Waals surface area (Å²) in [6, 6.07) is 15.3. The van der Waals surface area contributed by atoms with Crippen LogP contribution in [0.2, 0.25) is 0 Å². The first-order valence-electron chi connectivity index (χ1n) is 6.29. The molecule has 2 aromatic rings. The quantitative estimate of drug-likeness (QED) is 0.757. The zero-order valence-corrected chi connectivity index (χ0v) is 9.76. The van der Waals surface area contributed by atoms with Crippen LogP contribution in [0.5, 0.6) is 0 Å². The average Bonchev–Trinajstić information content (AvgIpc) is 2.28. The summed E-state index contributed by atoms with van der Waals surface area (Å²) in [5, 5.41) is 0. The van der Waals surface area contributed by atoms with Crippen LogP contribution in [0.25, 0.3) is 0 Å². The minimum atomic E-state index is 0.462. The summed E-state index contributed by atoms with van der Waals surface area (Å²) in [4.78, 5) is 4.25. The van der Waals surface area contributed by atoms with Gasteiger partial charge in [-0.25, -0.2) is 0 Å². The van der Waals surface area contributed by atoms with Gasteiger partial charge in [-0.3, -0.25) is 4.98 Å². The van der Waals surface area contributed by atoms with Crippen LogP contribution in [-0.2, 0) is 10.8 Å². The molecular formula is C16H15N. The second kappa shape index (κ2) is 2.98. The van der Waals surface area contributed by atoms with Crippen molar-refractivity contribution in [1.82, 2.24) is 4.98 Å². The van der Waals surface area contributed by atoms with Crippen molar-refractivity contribution in [2.45, 2.75) is 30.1 Å². The van der Waals surface area contributed by atoms with E-state index in [9.17, 15) is 0 Å². The molecule has 3 saturated carbocycles. The molecule has 0 amide bonds. The zero-order valence-electron chi connectivity index (χ0n) is 9.76. The van der Waals surface area contributed by atoms with Gasteiger partial charge in [-0.15, -0.1) is 0 Å². The number of pyridine rings is 1. The van der Waals surface area contributed by atoms with E-state index in [1.807, 2.05) is 12.4 Å². The number of rotatable bonds is 2. The van der Waals surface area contributed by atoms with Gasteiger partial charge in [-0.05, 0) is 47.3 Å². The topological polar surface area (TPSA) is 12.9 Å². The highest BCUT2D eigenvalue weighted by Crippen LogP contribution is 2.73. The van der Waals surface area contributed by atoms with E-state index >= 15 is 0 Å². The summed E-state index contributed by atoms with van der Waals surface area (Å²) in [5.74, 6) is 0. The molecule has 2 bridgehead atoms. The van der Waals surface area contributed by atoms with Gasteiger partial charge in [-0.1, -0.05) is 36.4 Å². The third kappa shape index (κ3) is 1.12. The van der Waals surface area contributed by atoms with E-state index in [0.29, 0.717) is 10.8 Å². The predicted molar refractivity (Wildman–Crippen MR) is 67.9 cm³/mol. The first kappa shape index (κ1) is 9.41. The van der Waals surface area contributed by atoms with Gasteiger partial charge in [0.15, 0.2) is 0 Å². The molecule has 0 unspecified atom stereocenters. The normalized spacial score (nSPS) is 33.6. The molecule has 1 heteroatoms. The molecule has 0 radical (unpaired) electrons. The number of hydrogen-bond acceptors (Lipinski definition) is 1. The van der Waals surface area contributed by atoms with Gasteiger partial charge < -0.3 is 0 Å². The van der Waals surface area contributed by atoms with Crippen LogP contribution >= 0.6 is 0 Å². The predicted octanol–water partition coefficient (Wildman–Crippen LogP) is 3.45. The average molecular weight is 221 g/mol. The Balaban J connectivity index is 1.62. The molecule has 0 atom stereocenters. The molecule has 0 saturated heterocycles. The van der Waals surface area contributed by atoms with Gasteiger partial charge in [0, 0.05) is 12.4 Å². The molecule has 3 fully saturated rings. The monoisotopic (exact) mass is 221 g/mol. The van der Waals surface area contributed by atoms with Crippen LogP contribution in [0.15, 0.2) is 54.9 Å². The van der Waals surface area contributed by atoms with Crippen molar-refractivity contribution in [3.05, 3.63) is 66.0 Å². The maximum Gasteiger partial charge on any atom is 0.0305 e. The zero-order chi connectivity index (χ0) is 11.3. The van der Waals surface area contributed by atoms with E-state index in [0.717, 1.165) is 0 Å². The number of hydrogen-bond donors (Lipinski definition) is 0. The summed E-state index contributed by atoms with van der Waals surface area (Å²) >= 11 is 0. The van der Waals surface area contributed by atoms with Crippen molar-refractivity contribution < 1.29 is 0 Å². The van der Waals surface area contributed by atoms with Crippen molar-refractivity contribution in [3.8, 4) is 0 Å². The van der Waals surface area contributed by atoms with E-state index in [4.69, 9.17) is 0 Å². The van der Waals surface area contributed by atoms with E-state index in [1.54, 1.807) is 0 Å². The van der Waals surface area contributed by atoms with Crippen molar-refractivity contribution in [1.29, 1.82) is 0 Å². The van der Waals surface area contributed by atoms with Crippen LogP contribution in [0.1, 0.15) is 30.4 Å². The first-order valence-corrected chi connectivity index (χ1v) is 6.29. The molecular weight excluding hydrogens is 206 g/mol. The van der Waals surface area contributed by atoms with Crippen molar-refractivity contribution >= 4 is 0 Å². The molecule has 3 aliphatic rings. The van der Waals surface area contributed by atoms with E-state index in [2.05, 4.69) is 47.4 Å². The summed E-state index contributed by atoms with van der Waals surface area (Å²) in [5.41, 5.74) is 3.94. The van der Waals surface area contributed by atoms with Crippen LogP contribution in [0, 0.1) is 0 Å². The fourth-order valence-corrected chi connectivity index (χ4v) is 3.87. The molecule has 1 nitrogen and oxygen atoms in total. The summed E-state index contributed by atoms with van der Waals surface area (Å²) < 4.78 is 0. The second-order valence-electron chi connectivity index (χ2n) is 5.70. The summed E-state index contributed by atoms with van der Waals surface area (Å²) in [6.07, 6.45) is 7.86. The molecule has 0 aliphatic heterocycles. The summed E-state index contributed by atoms with van der Waals surface area (Å²) in [7, 11) is 0. The lowest BCUT2D eigenvalue weighted by Crippen LogP contribution is -2.67. The Kier molecular flexibility index (Phi) is 1.65. The lowest BCUT2D eigenvalue weighted by molar-refractivity contribution is -0.0695. The van der Waals surface area contributed by atoms with Gasteiger partial charge in [-0.2, -0.15) is 0 Å². The molecule has 3 aliphatic carbocycles. The minimum Gasteiger partial charge on any atom is -0.264 e. The van der Waals surface area contributed by atoms with Gasteiger partial charge in [0.25, 0.3) is 0 Å². The van der Waals surface area contributed by atoms with E-state index in [-0.39, 0.29) is 0 Å². The van der Waals surface area contributed by atoms with E-state index in [1.165, 1.54) is 30.4 Å². The van der Waals surface area contributed by atoms with Crippen molar-refractivity contribution in [2.24, 2.45) is 0 Å². The molecule has 5 rings (SSSR count). The Bertz CT molecular complexity index is 475. The second-order valence-corrected chi connectivity index (χ2v) is 5.70. The highest BCUT2D eigenvalue weighted by Gasteiger charge is 2.68. The Morgan fingerprint density at radius 3 is 2.06 bits per heavy atom. The van der Waals surface area contributed by atoms with Crippen molar-refractivity contribution in [3.63, 3.8) is 0 Å². The fraction of sp³-hybridized carbons (Fsp3) is 0.312.